The van der Waals surface area contributed by atoms with Crippen LogP contribution in [-0.2, 0) is 11.2 Å². The van der Waals surface area contributed by atoms with Crippen molar-refractivity contribution < 1.29 is 14.3 Å². The summed E-state index contributed by atoms with van der Waals surface area (Å²) in [5.41, 5.74) is 1.12. The van der Waals surface area contributed by atoms with Gasteiger partial charge in [-0.2, -0.15) is 4.37 Å². The van der Waals surface area contributed by atoms with Gasteiger partial charge in [-0.3, -0.25) is 4.79 Å². The normalized spacial score (nSPS) is 16.3. The fourth-order valence-corrected chi connectivity index (χ4v) is 4.38. The highest BCUT2D eigenvalue weighted by atomic mass is 32.1. The number of aromatic nitrogens is 2. The molecule has 162 valence electrons. The molecule has 0 spiro atoms. The smallest absolute Gasteiger partial charge is 0.260 e. The van der Waals surface area contributed by atoms with Crippen molar-refractivity contribution >= 4 is 22.6 Å². The molecule has 3 aromatic rings. The zero-order chi connectivity index (χ0) is 21.6. The molecule has 1 atom stereocenters. The number of ether oxygens (including phenoxy) is 2. The molecule has 0 bridgehead atoms. The molecule has 1 aliphatic rings. The number of nitrogens with zero attached hydrogens (tertiary/aromatic N) is 4. The predicted octanol–water partition coefficient (Wildman–Crippen LogP) is 3.25. The van der Waals surface area contributed by atoms with E-state index >= 15 is 0 Å². The van der Waals surface area contributed by atoms with Crippen LogP contribution in [0.3, 0.4) is 0 Å². The lowest BCUT2D eigenvalue weighted by molar-refractivity contribution is -0.135. The predicted molar refractivity (Wildman–Crippen MR) is 121 cm³/mol. The van der Waals surface area contributed by atoms with Crippen LogP contribution in [-0.4, -0.2) is 59.6 Å². The zero-order valence-corrected chi connectivity index (χ0v) is 18.5. The topological polar surface area (TPSA) is 67.8 Å². The van der Waals surface area contributed by atoms with Gasteiger partial charge in [0, 0.05) is 43.6 Å². The third-order valence-electron chi connectivity index (χ3n) is 5.28. The molecule has 0 saturated carbocycles. The van der Waals surface area contributed by atoms with Crippen LogP contribution in [0.15, 0.2) is 54.6 Å². The van der Waals surface area contributed by atoms with Crippen LogP contribution in [0.25, 0.3) is 0 Å². The number of hydrogen-bond donors (Lipinski definition) is 0. The first-order chi connectivity index (χ1) is 15.1. The average Bonchev–Trinajstić information content (AvgIpc) is 3.26. The van der Waals surface area contributed by atoms with Gasteiger partial charge in [0.1, 0.15) is 17.3 Å². The summed E-state index contributed by atoms with van der Waals surface area (Å²) >= 11 is 1.41. The first-order valence-corrected chi connectivity index (χ1v) is 11.1. The van der Waals surface area contributed by atoms with Crippen molar-refractivity contribution in [2.24, 2.45) is 0 Å². The number of hydrogen-bond acceptors (Lipinski definition) is 7. The van der Waals surface area contributed by atoms with E-state index in [0.29, 0.717) is 18.7 Å². The highest BCUT2D eigenvalue weighted by molar-refractivity contribution is 7.09. The third-order valence-corrected chi connectivity index (χ3v) is 6.09. The second-order valence-electron chi connectivity index (χ2n) is 7.51. The van der Waals surface area contributed by atoms with Gasteiger partial charge in [0.05, 0.1) is 7.11 Å². The summed E-state index contributed by atoms with van der Waals surface area (Å²) in [6, 6.07) is 17.4. The largest absolute Gasteiger partial charge is 0.497 e. The minimum atomic E-state index is 0.00646. The Morgan fingerprint density at radius 2 is 1.94 bits per heavy atom. The van der Waals surface area contributed by atoms with Crippen molar-refractivity contribution in [3.05, 3.63) is 66.0 Å². The molecule has 0 aliphatic carbocycles. The van der Waals surface area contributed by atoms with E-state index in [-0.39, 0.29) is 18.6 Å². The van der Waals surface area contributed by atoms with Crippen molar-refractivity contribution in [3.8, 4) is 11.5 Å². The van der Waals surface area contributed by atoms with Gasteiger partial charge in [0.15, 0.2) is 6.61 Å². The van der Waals surface area contributed by atoms with Gasteiger partial charge >= 0.3 is 0 Å². The lowest BCUT2D eigenvalue weighted by Gasteiger charge is -2.39. The van der Waals surface area contributed by atoms with E-state index in [1.54, 1.807) is 7.11 Å². The summed E-state index contributed by atoms with van der Waals surface area (Å²) in [6.07, 6.45) is 0.665. The molecular formula is C23H26N4O3S. The van der Waals surface area contributed by atoms with E-state index in [1.807, 2.05) is 59.5 Å². The van der Waals surface area contributed by atoms with E-state index in [1.165, 1.54) is 11.5 Å². The summed E-state index contributed by atoms with van der Waals surface area (Å²) < 4.78 is 15.4. The van der Waals surface area contributed by atoms with E-state index < -0.39 is 0 Å². The number of benzene rings is 2. The molecule has 1 aromatic heterocycles. The van der Waals surface area contributed by atoms with Crippen molar-refractivity contribution in [3.63, 3.8) is 0 Å². The number of amides is 1. The number of piperazine rings is 1. The molecule has 1 unspecified atom stereocenters. The first kappa shape index (κ1) is 21.1. The number of rotatable bonds is 7. The highest BCUT2D eigenvalue weighted by Gasteiger charge is 2.29. The maximum atomic E-state index is 12.6. The maximum Gasteiger partial charge on any atom is 0.260 e. The Bertz CT molecular complexity index is 1010. The number of carbonyl (C=O) groups excluding carboxylic acids is 1. The van der Waals surface area contributed by atoms with E-state index in [0.717, 1.165) is 35.4 Å². The lowest BCUT2D eigenvalue weighted by Crippen LogP contribution is -2.55. The second kappa shape index (κ2) is 9.78. The molecule has 0 radical (unpaired) electrons. The molecule has 31 heavy (non-hydrogen) atoms. The van der Waals surface area contributed by atoms with Crippen LogP contribution in [0.1, 0.15) is 18.3 Å². The van der Waals surface area contributed by atoms with Crippen LogP contribution < -0.4 is 14.4 Å². The minimum Gasteiger partial charge on any atom is -0.497 e. The quantitative estimate of drug-likeness (QED) is 0.564. The van der Waals surface area contributed by atoms with Gasteiger partial charge in [-0.05, 0) is 36.8 Å². The molecule has 4 rings (SSSR count). The third kappa shape index (κ3) is 5.32. The van der Waals surface area contributed by atoms with Crippen LogP contribution in [0.2, 0.25) is 0 Å². The van der Waals surface area contributed by atoms with Crippen molar-refractivity contribution in [1.29, 1.82) is 0 Å². The Balaban J connectivity index is 1.32. The monoisotopic (exact) mass is 438 g/mol. The molecule has 1 fully saturated rings. The molecule has 0 N–H and O–H groups in total. The summed E-state index contributed by atoms with van der Waals surface area (Å²) in [4.78, 5) is 21.5. The fraction of sp³-hybridized carbons (Fsp3) is 0.348. The molecule has 1 amide bonds. The summed E-state index contributed by atoms with van der Waals surface area (Å²) in [7, 11) is 1.66. The van der Waals surface area contributed by atoms with Gasteiger partial charge in [0.2, 0.25) is 5.13 Å². The summed E-state index contributed by atoms with van der Waals surface area (Å²) in [5.74, 6) is 2.35. The van der Waals surface area contributed by atoms with Crippen molar-refractivity contribution in [2.45, 2.75) is 19.4 Å². The van der Waals surface area contributed by atoms with Gasteiger partial charge in [0.25, 0.3) is 5.91 Å². The molecular weight excluding hydrogens is 412 g/mol. The zero-order valence-electron chi connectivity index (χ0n) is 17.7. The van der Waals surface area contributed by atoms with Crippen LogP contribution in [0, 0.1) is 0 Å². The Labute approximate surface area is 186 Å². The Hall–Kier alpha value is -3.13. The summed E-state index contributed by atoms with van der Waals surface area (Å²) in [5, 5.41) is 0.900. The van der Waals surface area contributed by atoms with E-state index in [2.05, 4.69) is 16.2 Å². The number of anilines is 1. The molecule has 1 saturated heterocycles. The Morgan fingerprint density at radius 1 is 1.13 bits per heavy atom. The highest BCUT2D eigenvalue weighted by Crippen LogP contribution is 2.23. The maximum absolute atomic E-state index is 12.6. The Kier molecular flexibility index (Phi) is 6.66. The number of methoxy groups -OCH3 is 1. The standard InChI is InChI=1S/C23H26N4O3S/c1-17-15-26(11-12-27(17)22(28)16-30-19-8-4-3-5-9-19)23-24-21(25-31-23)14-18-7-6-10-20(13-18)29-2/h3-10,13,17H,11-12,14-16H2,1-2H3. The number of carbonyl (C=O) groups is 1. The van der Waals surface area contributed by atoms with E-state index in [4.69, 9.17) is 14.5 Å². The SMILES string of the molecule is COc1cccc(Cc2nsc(N3CCN(C(=O)COc4ccccc4)C(C)C3)n2)c1. The summed E-state index contributed by atoms with van der Waals surface area (Å²) in [6.45, 7) is 4.21. The Morgan fingerprint density at radius 3 is 2.71 bits per heavy atom. The second-order valence-corrected chi connectivity index (χ2v) is 8.24. The average molecular weight is 439 g/mol. The van der Waals surface area contributed by atoms with Crippen molar-refractivity contribution in [2.75, 3.05) is 38.3 Å². The van der Waals surface area contributed by atoms with E-state index in [9.17, 15) is 4.79 Å². The van der Waals surface area contributed by atoms with Gasteiger partial charge < -0.3 is 19.3 Å². The molecule has 2 heterocycles. The lowest BCUT2D eigenvalue weighted by atomic mass is 10.1. The van der Waals surface area contributed by atoms with Crippen LogP contribution in [0.4, 0.5) is 5.13 Å². The first-order valence-electron chi connectivity index (χ1n) is 10.3. The fourth-order valence-electron chi connectivity index (χ4n) is 3.66. The van der Waals surface area contributed by atoms with Crippen molar-refractivity contribution in [1.82, 2.24) is 14.3 Å². The molecule has 8 heteroatoms. The van der Waals surface area contributed by atoms with Crippen LogP contribution in [0.5, 0.6) is 11.5 Å². The van der Waals surface area contributed by atoms with Gasteiger partial charge in [-0.15, -0.1) is 0 Å². The molecule has 7 nitrogen and oxygen atoms in total. The van der Waals surface area contributed by atoms with Crippen LogP contribution >= 0.6 is 11.5 Å². The molecule has 1 aliphatic heterocycles. The number of para-hydroxylation sites is 1. The molecule has 2 aromatic carbocycles. The van der Waals surface area contributed by atoms with Gasteiger partial charge in [-0.25, -0.2) is 4.98 Å². The minimum absolute atomic E-state index is 0.00646. The van der Waals surface area contributed by atoms with Gasteiger partial charge in [-0.1, -0.05) is 30.3 Å².